The van der Waals surface area contributed by atoms with E-state index in [1.165, 1.54) is 6.20 Å². The van der Waals surface area contributed by atoms with E-state index < -0.39 is 11.1 Å². The van der Waals surface area contributed by atoms with Crippen molar-refractivity contribution in [3.8, 4) is 0 Å². The summed E-state index contributed by atoms with van der Waals surface area (Å²) in [7, 11) is 0. The summed E-state index contributed by atoms with van der Waals surface area (Å²) in [5.74, 6) is 0. The molecule has 6 heteroatoms. The number of fused-ring (bicyclic) bond motifs is 1. The van der Waals surface area contributed by atoms with Gasteiger partial charge in [-0.1, -0.05) is 11.6 Å². The number of nitrogens with zero attached hydrogens (tertiary/aromatic N) is 1. The van der Waals surface area contributed by atoms with Crippen LogP contribution >= 0.6 is 11.6 Å². The SMILES string of the molecule is O=c1[nH]c2ccnc(Cl)c2[nH]c1=O. The number of aromatic nitrogens is 3. The third-order valence-electron chi connectivity index (χ3n) is 1.60. The molecule has 0 aromatic carbocycles. The minimum absolute atomic E-state index is 0.158. The Morgan fingerprint density at radius 3 is 2.69 bits per heavy atom. The first-order chi connectivity index (χ1) is 6.18. The van der Waals surface area contributed by atoms with E-state index in [0.717, 1.165) is 0 Å². The Bertz CT molecular complexity index is 572. The van der Waals surface area contributed by atoms with Crippen LogP contribution in [0.3, 0.4) is 0 Å². The maximum absolute atomic E-state index is 10.9. The smallest absolute Gasteiger partial charge is 0.314 e. The molecule has 0 radical (unpaired) electrons. The van der Waals surface area contributed by atoms with Crippen LogP contribution in [-0.4, -0.2) is 15.0 Å². The lowest BCUT2D eigenvalue weighted by atomic mass is 10.4. The van der Waals surface area contributed by atoms with Crippen LogP contribution in [0.5, 0.6) is 0 Å². The summed E-state index contributed by atoms with van der Waals surface area (Å²) in [4.78, 5) is 30.2. The van der Waals surface area contributed by atoms with Gasteiger partial charge in [0.05, 0.1) is 5.52 Å². The molecule has 0 atom stereocenters. The number of nitrogens with one attached hydrogen (secondary N) is 2. The second-order valence-corrected chi connectivity index (χ2v) is 2.79. The van der Waals surface area contributed by atoms with Gasteiger partial charge in [0.1, 0.15) is 5.52 Å². The third kappa shape index (κ3) is 1.23. The molecule has 13 heavy (non-hydrogen) atoms. The molecule has 2 aromatic heterocycles. The first kappa shape index (κ1) is 8.00. The van der Waals surface area contributed by atoms with E-state index in [0.29, 0.717) is 11.0 Å². The molecule has 0 amide bonds. The summed E-state index contributed by atoms with van der Waals surface area (Å²) in [5, 5.41) is 0.158. The fourth-order valence-corrected chi connectivity index (χ4v) is 1.21. The van der Waals surface area contributed by atoms with Crippen molar-refractivity contribution in [3.05, 3.63) is 38.1 Å². The first-order valence-corrected chi connectivity index (χ1v) is 3.83. The predicted octanol–water partition coefficient (Wildman–Crippen LogP) is 0.265. The molecular weight excluding hydrogens is 194 g/mol. The fraction of sp³-hybridized carbons (Fsp3) is 0. The number of halogens is 1. The van der Waals surface area contributed by atoms with E-state index in [4.69, 9.17) is 11.6 Å². The number of hydrogen-bond donors (Lipinski definition) is 2. The van der Waals surface area contributed by atoms with Gasteiger partial charge >= 0.3 is 11.1 Å². The standard InChI is InChI=1S/C7H4ClN3O2/c8-5-4-3(1-2-9-5)10-6(12)7(13)11-4/h1-2H,(H,10,12)(H,11,13). The quantitative estimate of drug-likeness (QED) is 0.470. The molecule has 0 spiro atoms. The maximum atomic E-state index is 10.9. The van der Waals surface area contributed by atoms with Crippen LogP contribution in [-0.2, 0) is 0 Å². The maximum Gasteiger partial charge on any atom is 0.314 e. The van der Waals surface area contributed by atoms with Crippen LogP contribution in [0.15, 0.2) is 21.9 Å². The van der Waals surface area contributed by atoms with Crippen LogP contribution in [0, 0.1) is 0 Å². The van der Waals surface area contributed by atoms with Crippen molar-refractivity contribution in [1.82, 2.24) is 15.0 Å². The van der Waals surface area contributed by atoms with E-state index in [2.05, 4.69) is 15.0 Å². The van der Waals surface area contributed by atoms with Crippen LogP contribution < -0.4 is 11.1 Å². The lowest BCUT2D eigenvalue weighted by Crippen LogP contribution is -2.29. The molecule has 0 aliphatic rings. The topological polar surface area (TPSA) is 78.6 Å². The highest BCUT2D eigenvalue weighted by Gasteiger charge is 2.02. The summed E-state index contributed by atoms with van der Waals surface area (Å²) < 4.78 is 0. The normalized spacial score (nSPS) is 10.5. The van der Waals surface area contributed by atoms with Crippen molar-refractivity contribution in [3.63, 3.8) is 0 Å². The van der Waals surface area contributed by atoms with Crippen LogP contribution in [0.2, 0.25) is 5.15 Å². The number of aromatic amines is 2. The van der Waals surface area contributed by atoms with Crippen molar-refractivity contribution in [2.45, 2.75) is 0 Å². The average Bonchev–Trinajstić information content (AvgIpc) is 2.09. The van der Waals surface area contributed by atoms with Crippen LogP contribution in [0.1, 0.15) is 0 Å². The molecule has 0 bridgehead atoms. The molecule has 0 saturated carbocycles. The lowest BCUT2D eigenvalue weighted by molar-refractivity contribution is 1.13. The van der Waals surface area contributed by atoms with E-state index in [1.54, 1.807) is 6.07 Å². The van der Waals surface area contributed by atoms with Gasteiger partial charge in [-0.25, -0.2) is 4.98 Å². The van der Waals surface area contributed by atoms with Crippen LogP contribution in [0.25, 0.3) is 11.0 Å². The molecule has 0 aliphatic carbocycles. The second-order valence-electron chi connectivity index (χ2n) is 2.43. The van der Waals surface area contributed by atoms with Gasteiger partial charge in [-0.15, -0.1) is 0 Å². The van der Waals surface area contributed by atoms with E-state index >= 15 is 0 Å². The van der Waals surface area contributed by atoms with Gasteiger partial charge < -0.3 is 9.97 Å². The van der Waals surface area contributed by atoms with Crippen molar-refractivity contribution < 1.29 is 0 Å². The highest BCUT2D eigenvalue weighted by Crippen LogP contribution is 2.13. The molecule has 0 aliphatic heterocycles. The van der Waals surface area contributed by atoms with Crippen molar-refractivity contribution in [1.29, 1.82) is 0 Å². The molecule has 2 rings (SSSR count). The molecule has 2 N–H and O–H groups in total. The number of H-pyrrole nitrogens is 2. The molecule has 5 nitrogen and oxygen atoms in total. The Labute approximate surface area is 76.4 Å². The van der Waals surface area contributed by atoms with Crippen molar-refractivity contribution in [2.75, 3.05) is 0 Å². The number of pyridine rings is 1. The van der Waals surface area contributed by atoms with E-state index in [1.807, 2.05) is 0 Å². The molecule has 2 aromatic rings. The second kappa shape index (κ2) is 2.70. The van der Waals surface area contributed by atoms with Gasteiger partial charge in [0.25, 0.3) is 0 Å². The summed E-state index contributed by atoms with van der Waals surface area (Å²) >= 11 is 5.68. The summed E-state index contributed by atoms with van der Waals surface area (Å²) in [6, 6.07) is 1.55. The third-order valence-corrected chi connectivity index (χ3v) is 1.88. The zero-order valence-corrected chi connectivity index (χ0v) is 7.05. The van der Waals surface area contributed by atoms with Gasteiger partial charge in [-0.3, -0.25) is 9.59 Å². The van der Waals surface area contributed by atoms with Gasteiger partial charge in [-0.2, -0.15) is 0 Å². The van der Waals surface area contributed by atoms with Gasteiger partial charge in [0.2, 0.25) is 0 Å². The highest BCUT2D eigenvalue weighted by atomic mass is 35.5. The highest BCUT2D eigenvalue weighted by molar-refractivity contribution is 6.33. The minimum Gasteiger partial charge on any atom is -0.316 e. The zero-order valence-electron chi connectivity index (χ0n) is 6.30. The number of hydrogen-bond acceptors (Lipinski definition) is 3. The average molecular weight is 198 g/mol. The monoisotopic (exact) mass is 197 g/mol. The Morgan fingerprint density at radius 1 is 1.23 bits per heavy atom. The van der Waals surface area contributed by atoms with Gasteiger partial charge in [0.15, 0.2) is 5.15 Å². The van der Waals surface area contributed by atoms with E-state index in [-0.39, 0.29) is 5.15 Å². The Hall–Kier alpha value is -1.62. The van der Waals surface area contributed by atoms with Crippen molar-refractivity contribution >= 4 is 22.6 Å². The molecule has 66 valence electrons. The molecule has 2 heterocycles. The first-order valence-electron chi connectivity index (χ1n) is 3.45. The zero-order chi connectivity index (χ0) is 9.42. The fourth-order valence-electron chi connectivity index (χ4n) is 1.01. The number of rotatable bonds is 0. The van der Waals surface area contributed by atoms with Gasteiger partial charge in [-0.05, 0) is 6.07 Å². The lowest BCUT2D eigenvalue weighted by Gasteiger charge is -1.96. The summed E-state index contributed by atoms with van der Waals surface area (Å²) in [6.45, 7) is 0. The molecule has 0 fully saturated rings. The summed E-state index contributed by atoms with van der Waals surface area (Å²) in [6.07, 6.45) is 1.44. The largest absolute Gasteiger partial charge is 0.316 e. The molecule has 0 saturated heterocycles. The van der Waals surface area contributed by atoms with Crippen LogP contribution in [0.4, 0.5) is 0 Å². The predicted molar refractivity (Wildman–Crippen MR) is 48.0 cm³/mol. The van der Waals surface area contributed by atoms with E-state index in [9.17, 15) is 9.59 Å². The van der Waals surface area contributed by atoms with Gasteiger partial charge in [0, 0.05) is 6.20 Å². The molecular formula is C7H4ClN3O2. The Kier molecular flexibility index (Phi) is 1.66. The summed E-state index contributed by atoms with van der Waals surface area (Å²) in [5.41, 5.74) is -0.629. The Morgan fingerprint density at radius 2 is 1.92 bits per heavy atom. The minimum atomic E-state index is -0.734. The van der Waals surface area contributed by atoms with Crippen molar-refractivity contribution in [2.24, 2.45) is 0 Å². The molecule has 0 unspecified atom stereocenters. The Balaban J connectivity index is 3.06.